The molecule has 24 heavy (non-hydrogen) atoms. The van der Waals surface area contributed by atoms with E-state index in [4.69, 9.17) is 0 Å². The Morgan fingerprint density at radius 2 is 1.21 bits per heavy atom. The van der Waals surface area contributed by atoms with Crippen LogP contribution in [0.15, 0.2) is 78.9 Å². The smallest absolute Gasteiger partial charge is 0.213 e. The molecule has 0 aliphatic rings. The van der Waals surface area contributed by atoms with Gasteiger partial charge in [0.1, 0.15) is 0 Å². The third-order valence-corrected chi connectivity index (χ3v) is 3.36. The number of aryl methyl sites for hydroxylation is 2. The molecule has 0 saturated carbocycles. The predicted octanol–water partition coefficient (Wildman–Crippen LogP) is 6.40. The normalized spacial score (nSPS) is 8.75. The molecule has 3 rings (SSSR count). The van der Waals surface area contributed by atoms with Crippen molar-refractivity contribution in [1.29, 1.82) is 0 Å². The van der Waals surface area contributed by atoms with Crippen LogP contribution in [0.25, 0.3) is 0 Å². The van der Waals surface area contributed by atoms with Gasteiger partial charge in [0, 0.05) is 0 Å². The number of hydrogen-bond donors (Lipinski definition) is 0. The van der Waals surface area contributed by atoms with E-state index in [1.54, 1.807) is 0 Å². The summed E-state index contributed by atoms with van der Waals surface area (Å²) in [5.41, 5.74) is 5.10. The molecule has 3 aromatic rings. The molecular weight excluding hydrogens is 367 g/mol. The Hall–Kier alpha value is -1.59. The minimum Gasteiger partial charge on any atom is -0.213 e. The zero-order chi connectivity index (χ0) is 16.9. The van der Waals surface area contributed by atoms with Crippen molar-refractivity contribution >= 4 is 0 Å². The molecular formula is C23H27Zr. The molecule has 0 N–H and O–H groups in total. The maximum atomic E-state index is 3.72. The average molecular weight is 395 g/mol. The number of hydrogen-bond acceptors (Lipinski definition) is 0. The van der Waals surface area contributed by atoms with Gasteiger partial charge >= 0.3 is 26.2 Å². The van der Waals surface area contributed by atoms with Gasteiger partial charge < -0.3 is 0 Å². The van der Waals surface area contributed by atoms with E-state index in [-0.39, 0.29) is 26.2 Å². The molecule has 0 nitrogen and oxygen atoms in total. The van der Waals surface area contributed by atoms with Crippen molar-refractivity contribution in [2.45, 2.75) is 26.7 Å². The van der Waals surface area contributed by atoms with Crippen LogP contribution in [0.3, 0.4) is 0 Å². The summed E-state index contributed by atoms with van der Waals surface area (Å²) >= 11 is 0. The van der Waals surface area contributed by atoms with Gasteiger partial charge in [0.2, 0.25) is 0 Å². The molecule has 0 heterocycles. The second-order valence-corrected chi connectivity index (χ2v) is 5.46. The molecule has 0 unspecified atom stereocenters. The first-order valence-electron chi connectivity index (χ1n) is 8.08. The predicted molar refractivity (Wildman–Crippen MR) is 103 cm³/mol. The van der Waals surface area contributed by atoms with Gasteiger partial charge in [0.25, 0.3) is 0 Å². The quantitative estimate of drug-likeness (QED) is 0.441. The van der Waals surface area contributed by atoms with Gasteiger partial charge in [-0.3, -0.25) is 0 Å². The van der Waals surface area contributed by atoms with Gasteiger partial charge in [0.15, 0.2) is 0 Å². The second kappa shape index (κ2) is 13.8. The van der Waals surface area contributed by atoms with Crippen LogP contribution in [0, 0.1) is 20.8 Å². The molecule has 0 bridgehead atoms. The summed E-state index contributed by atoms with van der Waals surface area (Å²) in [6.07, 6.45) is 2.49. The van der Waals surface area contributed by atoms with Crippen molar-refractivity contribution in [3.05, 3.63) is 115 Å². The van der Waals surface area contributed by atoms with Crippen LogP contribution in [-0.4, -0.2) is 0 Å². The maximum Gasteiger partial charge on any atom is 3.00 e. The SMILES string of the molecule is CCC[c-]1cccc1C.[CH2-]c1ccccc1.[CH2-]c1ccccc1.[Zr+3]. The fourth-order valence-corrected chi connectivity index (χ4v) is 2.05. The van der Waals surface area contributed by atoms with Crippen LogP contribution in [0.5, 0.6) is 0 Å². The summed E-state index contributed by atoms with van der Waals surface area (Å²) in [5, 5.41) is 0. The van der Waals surface area contributed by atoms with Gasteiger partial charge in [-0.1, -0.05) is 38.8 Å². The van der Waals surface area contributed by atoms with E-state index in [0.717, 1.165) is 11.1 Å². The molecule has 1 heteroatoms. The van der Waals surface area contributed by atoms with Gasteiger partial charge in [0.05, 0.1) is 0 Å². The minimum absolute atomic E-state index is 0. The Bertz CT molecular complexity index is 586. The average Bonchev–Trinajstić information content (AvgIpc) is 2.96. The first kappa shape index (κ1) is 22.4. The molecule has 3 aromatic carbocycles. The monoisotopic (exact) mass is 393 g/mol. The number of benzene rings is 2. The third-order valence-electron chi connectivity index (χ3n) is 3.36. The molecule has 0 aromatic heterocycles. The summed E-state index contributed by atoms with van der Waals surface area (Å²) in [6.45, 7) is 11.8. The zero-order valence-corrected chi connectivity index (χ0v) is 17.3. The van der Waals surface area contributed by atoms with Crippen LogP contribution in [0.4, 0.5) is 0 Å². The Morgan fingerprint density at radius 3 is 1.46 bits per heavy atom. The van der Waals surface area contributed by atoms with Crippen LogP contribution in [0.1, 0.15) is 35.6 Å². The standard InChI is InChI=1S/C9H13.2C7H7.Zr/c1-3-5-9-7-4-6-8(9)2;2*1-7-5-3-2-4-6-7;/h4,6-7H,3,5H2,1-2H3;2*2-6H,1H2;/q3*-1;+3. The van der Waals surface area contributed by atoms with Crippen LogP contribution < -0.4 is 0 Å². The third kappa shape index (κ3) is 10.2. The van der Waals surface area contributed by atoms with Crippen LogP contribution >= 0.6 is 0 Å². The van der Waals surface area contributed by atoms with E-state index in [0.29, 0.717) is 0 Å². The van der Waals surface area contributed by atoms with E-state index in [1.807, 2.05) is 60.7 Å². The van der Waals surface area contributed by atoms with Crippen LogP contribution in [-0.2, 0) is 32.6 Å². The summed E-state index contributed by atoms with van der Waals surface area (Å²) in [7, 11) is 0. The largest absolute Gasteiger partial charge is 3.00 e. The zero-order valence-electron chi connectivity index (χ0n) is 14.8. The van der Waals surface area contributed by atoms with Crippen molar-refractivity contribution in [2.24, 2.45) is 0 Å². The molecule has 0 amide bonds. The van der Waals surface area contributed by atoms with Crippen molar-refractivity contribution in [1.82, 2.24) is 0 Å². The summed E-state index contributed by atoms with van der Waals surface area (Å²) in [5.74, 6) is 0. The Morgan fingerprint density at radius 1 is 0.750 bits per heavy atom. The Balaban J connectivity index is 0.000000327. The maximum absolute atomic E-state index is 3.72. The molecule has 123 valence electrons. The first-order valence-corrected chi connectivity index (χ1v) is 8.08. The number of rotatable bonds is 2. The van der Waals surface area contributed by atoms with Crippen molar-refractivity contribution in [3.63, 3.8) is 0 Å². The molecule has 0 saturated heterocycles. The van der Waals surface area contributed by atoms with Gasteiger partial charge in [-0.25, -0.2) is 12.1 Å². The van der Waals surface area contributed by atoms with E-state index < -0.39 is 0 Å². The van der Waals surface area contributed by atoms with Crippen molar-refractivity contribution in [2.75, 3.05) is 0 Å². The molecule has 1 radical (unpaired) electrons. The molecule has 0 spiro atoms. The van der Waals surface area contributed by atoms with Gasteiger partial charge in [-0.2, -0.15) is 66.4 Å². The minimum atomic E-state index is 0. The van der Waals surface area contributed by atoms with Crippen molar-refractivity contribution < 1.29 is 26.2 Å². The Labute approximate surface area is 167 Å². The summed E-state index contributed by atoms with van der Waals surface area (Å²) in [4.78, 5) is 0. The van der Waals surface area contributed by atoms with Gasteiger partial charge in [-0.15, -0.1) is 24.3 Å². The van der Waals surface area contributed by atoms with Crippen LogP contribution in [0.2, 0.25) is 0 Å². The van der Waals surface area contributed by atoms with Gasteiger partial charge in [-0.05, 0) is 0 Å². The summed E-state index contributed by atoms with van der Waals surface area (Å²) < 4.78 is 0. The fourth-order valence-electron chi connectivity index (χ4n) is 2.05. The second-order valence-electron chi connectivity index (χ2n) is 5.46. The molecule has 0 aliphatic heterocycles. The summed E-state index contributed by atoms with van der Waals surface area (Å²) in [6, 6.07) is 26.3. The van der Waals surface area contributed by atoms with E-state index >= 15 is 0 Å². The van der Waals surface area contributed by atoms with E-state index in [1.165, 1.54) is 24.0 Å². The first-order chi connectivity index (χ1) is 11.1. The topological polar surface area (TPSA) is 0 Å². The van der Waals surface area contributed by atoms with E-state index in [9.17, 15) is 0 Å². The molecule has 0 fully saturated rings. The fraction of sp³-hybridized carbons (Fsp3) is 0.174. The molecule has 0 atom stereocenters. The Kier molecular flexibility index (Phi) is 12.9. The van der Waals surface area contributed by atoms with Crippen molar-refractivity contribution in [3.8, 4) is 0 Å². The van der Waals surface area contributed by atoms with E-state index in [2.05, 4.69) is 45.9 Å². The molecule has 0 aliphatic carbocycles.